The fourth-order valence-electron chi connectivity index (χ4n) is 12.1. The minimum Gasteiger partial charge on any atom is -0.310 e. The molecule has 16 rings (SSSR count). The summed E-state index contributed by atoms with van der Waals surface area (Å²) in [6.07, 6.45) is 0. The molecule has 4 nitrogen and oxygen atoms in total. The van der Waals surface area contributed by atoms with E-state index in [1.807, 2.05) is 11.3 Å². The van der Waals surface area contributed by atoms with Crippen LogP contribution in [0.25, 0.3) is 141 Å². The topological polar surface area (TPSA) is 19.7 Å². The van der Waals surface area contributed by atoms with Gasteiger partial charge in [-0.05, 0) is 131 Å². The summed E-state index contributed by atoms with van der Waals surface area (Å²) < 4.78 is 12.4. The number of hydrogen-bond acceptors (Lipinski definition) is 1. The third kappa shape index (κ3) is 6.07. The summed E-state index contributed by atoms with van der Waals surface area (Å²) in [5, 5.41) is 14.6. The van der Waals surface area contributed by atoms with Crippen LogP contribution in [0.5, 0.6) is 0 Å². The molecule has 16 aromatic rings. The summed E-state index contributed by atoms with van der Waals surface area (Å²) in [4.78, 5) is 0. The Balaban J connectivity index is 0.983. The van der Waals surface area contributed by atoms with Crippen LogP contribution in [0.3, 0.4) is 0 Å². The second-order valence-corrected chi connectivity index (χ2v) is 20.4. The van der Waals surface area contributed by atoms with Crippen molar-refractivity contribution in [3.63, 3.8) is 0 Å². The Morgan fingerprint density at radius 1 is 0.219 bits per heavy atom. The molecule has 0 saturated heterocycles. The number of benzene rings is 12. The van der Waals surface area contributed by atoms with Crippen LogP contribution in [-0.4, -0.2) is 18.3 Å². The van der Waals surface area contributed by atoms with Crippen LogP contribution < -0.4 is 0 Å². The second kappa shape index (κ2) is 15.5. The third-order valence-corrected chi connectivity index (χ3v) is 16.5. The van der Waals surface area contributed by atoms with Crippen LogP contribution >= 0.6 is 11.3 Å². The van der Waals surface area contributed by atoms with Crippen molar-refractivity contribution in [1.29, 1.82) is 0 Å². The molecular weight excluding hydrogens is 905 g/mol. The fraction of sp³-hybridized carbons (Fsp3) is 0. The monoisotopic (exact) mass is 946 g/mol. The summed E-state index contributed by atoms with van der Waals surface area (Å²) in [6, 6.07) is 94.7. The van der Waals surface area contributed by atoms with Gasteiger partial charge in [-0.3, -0.25) is 0 Å². The van der Waals surface area contributed by atoms with E-state index in [2.05, 4.69) is 273 Å². The van der Waals surface area contributed by atoms with E-state index in [0.29, 0.717) is 0 Å². The number of hydrogen-bond donors (Lipinski definition) is 0. The van der Waals surface area contributed by atoms with E-state index in [-0.39, 0.29) is 0 Å². The quantitative estimate of drug-likeness (QED) is 0.168. The molecule has 5 heteroatoms. The van der Waals surface area contributed by atoms with Crippen molar-refractivity contribution in [2.24, 2.45) is 0 Å². The highest BCUT2D eigenvalue weighted by atomic mass is 32.1. The first-order valence-electron chi connectivity index (χ1n) is 25.0. The lowest BCUT2D eigenvalue weighted by atomic mass is 10.1. The molecule has 0 atom stereocenters. The van der Waals surface area contributed by atoms with Gasteiger partial charge in [-0.1, -0.05) is 146 Å². The first-order valence-corrected chi connectivity index (χ1v) is 25.8. The van der Waals surface area contributed by atoms with Crippen LogP contribution in [0.2, 0.25) is 0 Å². The van der Waals surface area contributed by atoms with Crippen LogP contribution in [-0.2, 0) is 0 Å². The maximum absolute atomic E-state index is 2.46. The van der Waals surface area contributed by atoms with Crippen molar-refractivity contribution in [2.75, 3.05) is 0 Å². The van der Waals surface area contributed by atoms with Gasteiger partial charge in [-0.2, -0.15) is 0 Å². The molecule has 0 amide bonds. The molecule has 0 saturated carbocycles. The maximum atomic E-state index is 2.46. The van der Waals surface area contributed by atoms with E-state index in [4.69, 9.17) is 0 Å². The normalized spacial score (nSPS) is 12.1. The number of fused-ring (bicyclic) bond motifs is 15. The third-order valence-electron chi connectivity index (χ3n) is 15.3. The molecule has 0 unspecified atom stereocenters. The minimum absolute atomic E-state index is 1.09. The lowest BCUT2D eigenvalue weighted by Gasteiger charge is -2.15. The van der Waals surface area contributed by atoms with Crippen molar-refractivity contribution >= 4 is 130 Å². The Kier molecular flexibility index (Phi) is 8.58. The molecule has 4 heterocycles. The van der Waals surface area contributed by atoms with Crippen LogP contribution in [0.1, 0.15) is 0 Å². The lowest BCUT2D eigenvalue weighted by Crippen LogP contribution is -2.00. The zero-order valence-electron chi connectivity index (χ0n) is 39.4. The first kappa shape index (κ1) is 40.3. The van der Waals surface area contributed by atoms with E-state index < -0.39 is 0 Å². The number of aromatic nitrogens is 4. The van der Waals surface area contributed by atoms with E-state index in [0.717, 1.165) is 44.2 Å². The highest BCUT2D eigenvalue weighted by molar-refractivity contribution is 7.25. The average Bonchev–Trinajstić information content (AvgIpc) is 4.10. The zero-order chi connectivity index (χ0) is 47.7. The van der Waals surface area contributed by atoms with Gasteiger partial charge in [0.25, 0.3) is 0 Å². The molecule has 340 valence electrons. The molecule has 4 aromatic heterocycles. The van der Waals surface area contributed by atoms with Crippen molar-refractivity contribution < 1.29 is 0 Å². The van der Waals surface area contributed by atoms with E-state index >= 15 is 0 Å². The molecule has 8 bridgehead atoms. The number of para-hydroxylation sites is 2. The van der Waals surface area contributed by atoms with Gasteiger partial charge in [0.15, 0.2) is 0 Å². The number of nitrogens with zero attached hydrogens (tertiary/aromatic N) is 4. The Hall–Kier alpha value is -9.42. The smallest absolute Gasteiger partial charge is 0.0562 e. The molecule has 0 fully saturated rings. The van der Waals surface area contributed by atoms with Gasteiger partial charge >= 0.3 is 0 Å². The molecular formula is C68H42N4S. The largest absolute Gasteiger partial charge is 0.310 e. The van der Waals surface area contributed by atoms with Crippen LogP contribution in [0, 0.1) is 0 Å². The summed E-state index contributed by atoms with van der Waals surface area (Å²) >= 11 is 1.86. The van der Waals surface area contributed by atoms with Crippen LogP contribution in [0.15, 0.2) is 255 Å². The summed E-state index contributed by atoms with van der Waals surface area (Å²) in [5.41, 5.74) is 13.7. The van der Waals surface area contributed by atoms with E-state index in [1.165, 1.54) is 96.7 Å². The van der Waals surface area contributed by atoms with E-state index in [9.17, 15) is 0 Å². The highest BCUT2D eigenvalue weighted by Gasteiger charge is 2.19. The van der Waals surface area contributed by atoms with E-state index in [1.54, 1.807) is 0 Å². The predicted octanol–water partition coefficient (Wildman–Crippen LogP) is 18.7. The fourth-order valence-corrected chi connectivity index (χ4v) is 13.2. The second-order valence-electron chi connectivity index (χ2n) is 19.3. The highest BCUT2D eigenvalue weighted by Crippen LogP contribution is 2.41. The minimum atomic E-state index is 1.09. The van der Waals surface area contributed by atoms with Crippen molar-refractivity contribution in [1.82, 2.24) is 18.3 Å². The van der Waals surface area contributed by atoms with Crippen LogP contribution in [0.4, 0.5) is 0 Å². The maximum Gasteiger partial charge on any atom is 0.0562 e. The zero-order valence-corrected chi connectivity index (χ0v) is 40.3. The summed E-state index contributed by atoms with van der Waals surface area (Å²) in [5.74, 6) is 0. The predicted molar refractivity (Wildman–Crippen MR) is 312 cm³/mol. The lowest BCUT2D eigenvalue weighted by molar-refractivity contribution is 1.15. The van der Waals surface area contributed by atoms with Gasteiger partial charge in [-0.25, -0.2) is 0 Å². The Morgan fingerprint density at radius 2 is 0.603 bits per heavy atom. The first-order chi connectivity index (χ1) is 36.2. The summed E-state index contributed by atoms with van der Waals surface area (Å²) in [6.45, 7) is 0. The summed E-state index contributed by atoms with van der Waals surface area (Å²) in [7, 11) is 0. The SMILES string of the molecule is c1ccc2c(-n3c4ccccc4c4ccc(-n5c6cccc(c6)c6cccc(c6)n(-c6ccc7c8ccccc8n(-c8cccc9ccccc89)c7c6)c6ccc7sc8ccc5cc8c7c6)cc43)cccc2c1. The van der Waals surface area contributed by atoms with Gasteiger partial charge in [-0.15, -0.1) is 11.3 Å². The van der Waals surface area contributed by atoms with Crippen molar-refractivity contribution in [3.05, 3.63) is 255 Å². The molecule has 0 spiro atoms. The standard InChI is InChI=1S/C68H42N4S/c1-3-21-53-43(13-1)15-11-27-61(53)71-63-25-7-5-23-55(63)57-33-29-51(41-65(57)71)69-47-19-9-17-45(37-47)46-18-10-20-48(38-46)70(50-32-36-68-60(40-50)59-39-49(69)31-35-67(59)73-68)52-30-34-58-56-24-6-8-26-64(56)72(66(58)42-52)62-28-12-16-44-14-2-4-22-54(44)62/h1-42H. The van der Waals surface area contributed by atoms with Crippen molar-refractivity contribution in [3.8, 4) is 22.7 Å². The van der Waals surface area contributed by atoms with Gasteiger partial charge in [0.1, 0.15) is 0 Å². The number of rotatable bonds is 4. The Labute approximate surface area is 423 Å². The van der Waals surface area contributed by atoms with Gasteiger partial charge in [0, 0.05) is 85.9 Å². The van der Waals surface area contributed by atoms with Gasteiger partial charge in [0.2, 0.25) is 0 Å². The molecule has 0 aliphatic heterocycles. The molecule has 12 aromatic carbocycles. The average molecular weight is 947 g/mol. The van der Waals surface area contributed by atoms with Crippen molar-refractivity contribution in [2.45, 2.75) is 0 Å². The number of thiophene rings is 1. The Morgan fingerprint density at radius 3 is 1.10 bits per heavy atom. The molecule has 0 aliphatic rings. The van der Waals surface area contributed by atoms with Gasteiger partial charge in [0.05, 0.1) is 33.4 Å². The molecule has 0 aliphatic carbocycles. The molecule has 0 radical (unpaired) electrons. The molecule has 0 N–H and O–H groups in total. The molecule has 73 heavy (non-hydrogen) atoms. The van der Waals surface area contributed by atoms with Gasteiger partial charge < -0.3 is 18.3 Å². The Bertz CT molecular complexity index is 4730.